The number of hydrogen-bond acceptors (Lipinski definition) is 2. The standard InChI is InChI=1S/C17H26FNO/c1-13(2)15-4-5-16(17(18)12-15)14-6-8-19(9-7-14)10-11-20-3/h4-5,12-14H,6-11H2,1-3H3. The average Bonchev–Trinajstić information content (AvgIpc) is 2.45. The number of nitrogens with zero attached hydrogens (tertiary/aromatic N) is 1. The minimum Gasteiger partial charge on any atom is -0.383 e. The van der Waals surface area contributed by atoms with Crippen LogP contribution in [0.1, 0.15) is 49.7 Å². The molecule has 1 fully saturated rings. The molecule has 0 radical (unpaired) electrons. The molecular formula is C17H26FNO. The summed E-state index contributed by atoms with van der Waals surface area (Å²) in [6, 6.07) is 5.80. The minimum atomic E-state index is -0.0217. The van der Waals surface area contributed by atoms with Gasteiger partial charge >= 0.3 is 0 Å². The topological polar surface area (TPSA) is 12.5 Å². The van der Waals surface area contributed by atoms with Gasteiger partial charge in [0.2, 0.25) is 0 Å². The van der Waals surface area contributed by atoms with Crippen molar-refractivity contribution in [1.82, 2.24) is 4.90 Å². The molecular weight excluding hydrogens is 253 g/mol. The second kappa shape index (κ2) is 7.19. The third kappa shape index (κ3) is 3.80. The molecule has 20 heavy (non-hydrogen) atoms. The van der Waals surface area contributed by atoms with Crippen molar-refractivity contribution in [1.29, 1.82) is 0 Å². The van der Waals surface area contributed by atoms with Crippen molar-refractivity contribution in [3.8, 4) is 0 Å². The molecule has 0 bridgehead atoms. The number of likely N-dealkylation sites (tertiary alicyclic amines) is 1. The van der Waals surface area contributed by atoms with Crippen LogP contribution < -0.4 is 0 Å². The lowest BCUT2D eigenvalue weighted by atomic mass is 9.87. The maximum atomic E-state index is 14.3. The second-order valence-corrected chi connectivity index (χ2v) is 6.04. The van der Waals surface area contributed by atoms with Crippen molar-refractivity contribution in [2.24, 2.45) is 0 Å². The van der Waals surface area contributed by atoms with E-state index in [4.69, 9.17) is 4.74 Å². The Balaban J connectivity index is 1.96. The van der Waals surface area contributed by atoms with Crippen molar-refractivity contribution in [3.05, 3.63) is 35.1 Å². The summed E-state index contributed by atoms with van der Waals surface area (Å²) >= 11 is 0. The molecule has 0 amide bonds. The lowest BCUT2D eigenvalue weighted by Gasteiger charge is -2.32. The molecule has 1 aliphatic heterocycles. The van der Waals surface area contributed by atoms with E-state index in [1.165, 1.54) is 0 Å². The van der Waals surface area contributed by atoms with Crippen LogP contribution in [0.5, 0.6) is 0 Å². The Morgan fingerprint density at radius 2 is 2.00 bits per heavy atom. The molecule has 0 spiro atoms. The minimum absolute atomic E-state index is 0.0217. The van der Waals surface area contributed by atoms with E-state index in [1.54, 1.807) is 13.2 Å². The van der Waals surface area contributed by atoms with E-state index < -0.39 is 0 Å². The smallest absolute Gasteiger partial charge is 0.126 e. The van der Waals surface area contributed by atoms with Gasteiger partial charge in [-0.2, -0.15) is 0 Å². The van der Waals surface area contributed by atoms with Crippen molar-refractivity contribution < 1.29 is 9.13 Å². The van der Waals surface area contributed by atoms with Crippen LogP contribution in [0.15, 0.2) is 18.2 Å². The van der Waals surface area contributed by atoms with E-state index in [0.29, 0.717) is 11.8 Å². The molecule has 0 aliphatic carbocycles. The van der Waals surface area contributed by atoms with Crippen LogP contribution in [-0.2, 0) is 4.74 Å². The van der Waals surface area contributed by atoms with Gasteiger partial charge in [-0.1, -0.05) is 26.0 Å². The van der Waals surface area contributed by atoms with Crippen LogP contribution in [-0.4, -0.2) is 38.3 Å². The molecule has 2 rings (SSSR count). The van der Waals surface area contributed by atoms with E-state index in [9.17, 15) is 4.39 Å². The summed E-state index contributed by atoms with van der Waals surface area (Å²) < 4.78 is 19.4. The van der Waals surface area contributed by atoms with Crippen LogP contribution >= 0.6 is 0 Å². The number of ether oxygens (including phenoxy) is 1. The van der Waals surface area contributed by atoms with Gasteiger partial charge in [-0.05, 0) is 55.0 Å². The van der Waals surface area contributed by atoms with Crippen molar-refractivity contribution >= 4 is 0 Å². The van der Waals surface area contributed by atoms with E-state index in [2.05, 4.69) is 24.8 Å². The Labute approximate surface area is 121 Å². The largest absolute Gasteiger partial charge is 0.383 e. The molecule has 0 atom stereocenters. The molecule has 1 heterocycles. The van der Waals surface area contributed by atoms with Gasteiger partial charge in [0.1, 0.15) is 5.82 Å². The summed E-state index contributed by atoms with van der Waals surface area (Å²) in [7, 11) is 1.73. The molecule has 3 heteroatoms. The second-order valence-electron chi connectivity index (χ2n) is 6.04. The van der Waals surface area contributed by atoms with Crippen LogP contribution in [0, 0.1) is 5.82 Å². The van der Waals surface area contributed by atoms with Gasteiger partial charge in [0.15, 0.2) is 0 Å². The SMILES string of the molecule is COCCN1CCC(c2ccc(C(C)C)cc2F)CC1. The highest BCUT2D eigenvalue weighted by atomic mass is 19.1. The first-order valence-corrected chi connectivity index (χ1v) is 7.62. The number of benzene rings is 1. The maximum absolute atomic E-state index is 14.3. The molecule has 1 aromatic rings. The fourth-order valence-corrected chi connectivity index (χ4v) is 2.92. The number of halogens is 1. The molecule has 112 valence electrons. The quantitative estimate of drug-likeness (QED) is 0.813. The summed E-state index contributed by atoms with van der Waals surface area (Å²) in [6.07, 6.45) is 2.09. The van der Waals surface area contributed by atoms with Gasteiger partial charge < -0.3 is 9.64 Å². The van der Waals surface area contributed by atoms with Gasteiger partial charge in [0, 0.05) is 13.7 Å². The van der Waals surface area contributed by atoms with Gasteiger partial charge in [-0.25, -0.2) is 4.39 Å². The summed E-state index contributed by atoms with van der Waals surface area (Å²) in [5, 5.41) is 0. The van der Waals surface area contributed by atoms with Crippen LogP contribution in [0.2, 0.25) is 0 Å². The van der Waals surface area contributed by atoms with Gasteiger partial charge in [0.25, 0.3) is 0 Å². The van der Waals surface area contributed by atoms with Crippen molar-refractivity contribution in [2.75, 3.05) is 33.4 Å². The number of methoxy groups -OCH3 is 1. The molecule has 0 aromatic heterocycles. The normalized spacial score (nSPS) is 17.9. The number of hydrogen-bond donors (Lipinski definition) is 0. The molecule has 1 aromatic carbocycles. The first-order chi connectivity index (χ1) is 9.61. The zero-order valence-corrected chi connectivity index (χ0v) is 12.9. The first-order valence-electron chi connectivity index (χ1n) is 7.62. The molecule has 0 N–H and O–H groups in total. The fraction of sp³-hybridized carbons (Fsp3) is 0.647. The van der Waals surface area contributed by atoms with Crippen molar-refractivity contribution in [2.45, 2.75) is 38.5 Å². The Morgan fingerprint density at radius 1 is 1.30 bits per heavy atom. The number of rotatable bonds is 5. The van der Waals surface area contributed by atoms with Crippen LogP contribution in [0.25, 0.3) is 0 Å². The van der Waals surface area contributed by atoms with E-state index in [-0.39, 0.29) is 5.82 Å². The van der Waals surface area contributed by atoms with Crippen LogP contribution in [0.4, 0.5) is 4.39 Å². The zero-order valence-electron chi connectivity index (χ0n) is 12.9. The van der Waals surface area contributed by atoms with E-state index >= 15 is 0 Å². The third-order valence-electron chi connectivity index (χ3n) is 4.33. The Bertz CT molecular complexity index is 425. The first kappa shape index (κ1) is 15.5. The zero-order chi connectivity index (χ0) is 14.5. The molecule has 1 aliphatic rings. The molecule has 1 saturated heterocycles. The Morgan fingerprint density at radius 3 is 2.55 bits per heavy atom. The fourth-order valence-electron chi connectivity index (χ4n) is 2.92. The highest BCUT2D eigenvalue weighted by Crippen LogP contribution is 2.31. The van der Waals surface area contributed by atoms with Gasteiger partial charge in [-0.15, -0.1) is 0 Å². The van der Waals surface area contributed by atoms with Gasteiger partial charge in [-0.3, -0.25) is 0 Å². The van der Waals surface area contributed by atoms with E-state index in [1.807, 2.05) is 6.07 Å². The van der Waals surface area contributed by atoms with Gasteiger partial charge in [0.05, 0.1) is 6.61 Å². The Hall–Kier alpha value is -0.930. The molecule has 0 unspecified atom stereocenters. The average molecular weight is 279 g/mol. The number of piperidine rings is 1. The summed E-state index contributed by atoms with van der Waals surface area (Å²) in [6.45, 7) is 8.05. The summed E-state index contributed by atoms with van der Waals surface area (Å²) in [5.74, 6) is 0.732. The highest BCUT2D eigenvalue weighted by molar-refractivity contribution is 5.29. The monoisotopic (exact) mass is 279 g/mol. The highest BCUT2D eigenvalue weighted by Gasteiger charge is 2.22. The predicted octanol–water partition coefficient (Wildman–Crippen LogP) is 3.77. The van der Waals surface area contributed by atoms with Crippen LogP contribution in [0.3, 0.4) is 0 Å². The lowest BCUT2D eigenvalue weighted by molar-refractivity contribution is 0.130. The maximum Gasteiger partial charge on any atom is 0.126 e. The Kier molecular flexibility index (Phi) is 5.55. The third-order valence-corrected chi connectivity index (χ3v) is 4.33. The summed E-state index contributed by atoms with van der Waals surface area (Å²) in [4.78, 5) is 2.40. The predicted molar refractivity (Wildman–Crippen MR) is 80.8 cm³/mol. The van der Waals surface area contributed by atoms with E-state index in [0.717, 1.165) is 50.2 Å². The molecule has 2 nitrogen and oxygen atoms in total. The molecule has 0 saturated carbocycles. The van der Waals surface area contributed by atoms with Crippen molar-refractivity contribution in [3.63, 3.8) is 0 Å². The lowest BCUT2D eigenvalue weighted by Crippen LogP contribution is -2.35. The summed E-state index contributed by atoms with van der Waals surface area (Å²) in [5.41, 5.74) is 1.99.